The van der Waals surface area contributed by atoms with Crippen molar-refractivity contribution in [1.29, 1.82) is 0 Å². The fraction of sp³-hybridized carbons (Fsp3) is 0.158. The molecule has 0 fully saturated rings. The first kappa shape index (κ1) is 16.5. The topological polar surface area (TPSA) is 83.6 Å². The molecule has 0 spiro atoms. The number of carbonyl (C=O) groups is 1. The van der Waals surface area contributed by atoms with Gasteiger partial charge in [-0.25, -0.2) is 15.0 Å². The second-order valence-electron chi connectivity index (χ2n) is 5.85. The van der Waals surface area contributed by atoms with Crippen molar-refractivity contribution in [3.63, 3.8) is 0 Å². The first-order valence-corrected chi connectivity index (χ1v) is 9.23. The van der Waals surface area contributed by atoms with E-state index >= 15 is 0 Å². The van der Waals surface area contributed by atoms with Crippen LogP contribution in [0.2, 0.25) is 0 Å². The molecule has 2 aromatic heterocycles. The van der Waals surface area contributed by atoms with Crippen LogP contribution in [0.1, 0.15) is 13.3 Å². The Labute approximate surface area is 154 Å². The Balaban J connectivity index is 1.54. The molecule has 0 unspecified atom stereocenters. The van der Waals surface area contributed by atoms with Gasteiger partial charge in [0.2, 0.25) is 5.91 Å². The molecule has 1 amide bonds. The minimum Gasteiger partial charge on any atom is -0.341 e. The van der Waals surface area contributed by atoms with Gasteiger partial charge in [0.05, 0.1) is 11.6 Å². The van der Waals surface area contributed by atoms with Crippen LogP contribution in [0.5, 0.6) is 0 Å². The van der Waals surface area contributed by atoms with E-state index in [1.54, 1.807) is 6.33 Å². The molecule has 0 radical (unpaired) electrons. The van der Waals surface area contributed by atoms with E-state index < -0.39 is 0 Å². The lowest BCUT2D eigenvalue weighted by atomic mass is 10.1. The Bertz CT molecular complexity index is 1080. The zero-order valence-electron chi connectivity index (χ0n) is 14.1. The highest BCUT2D eigenvalue weighted by molar-refractivity contribution is 8.00. The fourth-order valence-electron chi connectivity index (χ4n) is 2.78. The van der Waals surface area contributed by atoms with Crippen molar-refractivity contribution in [2.45, 2.75) is 23.6 Å². The van der Waals surface area contributed by atoms with Crippen molar-refractivity contribution in [2.75, 3.05) is 5.32 Å². The number of fused-ring (bicyclic) bond motifs is 2. The summed E-state index contributed by atoms with van der Waals surface area (Å²) in [7, 11) is 0. The number of benzene rings is 2. The van der Waals surface area contributed by atoms with Crippen molar-refractivity contribution in [3.8, 4) is 0 Å². The smallest absolute Gasteiger partial charge is 0.237 e. The van der Waals surface area contributed by atoms with Gasteiger partial charge in [-0.05, 0) is 29.3 Å². The lowest BCUT2D eigenvalue weighted by Gasteiger charge is -2.14. The highest BCUT2D eigenvalue weighted by Crippen LogP contribution is 2.29. The monoisotopic (exact) mass is 363 g/mol. The summed E-state index contributed by atoms with van der Waals surface area (Å²) in [6, 6.07) is 14.0. The maximum absolute atomic E-state index is 12.8. The van der Waals surface area contributed by atoms with E-state index in [0.717, 1.165) is 27.0 Å². The largest absolute Gasteiger partial charge is 0.341 e. The predicted octanol–water partition coefficient (Wildman–Crippen LogP) is 4.02. The number of rotatable bonds is 5. The molecule has 6 nitrogen and oxygen atoms in total. The first-order chi connectivity index (χ1) is 12.7. The summed E-state index contributed by atoms with van der Waals surface area (Å²) in [6.45, 7) is 1.99. The molecule has 7 heteroatoms. The van der Waals surface area contributed by atoms with Gasteiger partial charge in [-0.1, -0.05) is 49.0 Å². The standard InChI is InChI=1S/C19H17N5OS/c1-2-15(26-19-16-17(21-10-20-16)22-11-23-19)18(25)24-14-8-7-12-5-3-4-6-13(12)9-14/h3-11,15H,2H2,1H3,(H,24,25)(H,20,21,22,23)/t15-/m0/s1. The molecule has 2 N–H and O–H groups in total. The van der Waals surface area contributed by atoms with Crippen molar-refractivity contribution < 1.29 is 4.79 Å². The summed E-state index contributed by atoms with van der Waals surface area (Å²) in [4.78, 5) is 28.3. The number of hydrogen-bond donors (Lipinski definition) is 2. The van der Waals surface area contributed by atoms with Crippen molar-refractivity contribution in [2.24, 2.45) is 0 Å². The Morgan fingerprint density at radius 3 is 2.85 bits per heavy atom. The molecule has 0 saturated heterocycles. The van der Waals surface area contributed by atoms with E-state index in [9.17, 15) is 4.79 Å². The number of aromatic amines is 1. The third-order valence-electron chi connectivity index (χ3n) is 4.12. The Hall–Kier alpha value is -2.93. The first-order valence-electron chi connectivity index (χ1n) is 8.35. The maximum Gasteiger partial charge on any atom is 0.237 e. The lowest BCUT2D eigenvalue weighted by Crippen LogP contribution is -2.24. The molecule has 0 bridgehead atoms. The van der Waals surface area contributed by atoms with Crippen LogP contribution < -0.4 is 5.32 Å². The number of thioether (sulfide) groups is 1. The average Bonchev–Trinajstić information content (AvgIpc) is 3.15. The van der Waals surface area contributed by atoms with E-state index in [1.165, 1.54) is 18.1 Å². The number of carbonyl (C=O) groups excluding carboxylic acids is 1. The second kappa shape index (κ2) is 7.13. The molecule has 0 aliphatic heterocycles. The molecule has 2 aromatic carbocycles. The Kier molecular flexibility index (Phi) is 4.53. The van der Waals surface area contributed by atoms with E-state index in [-0.39, 0.29) is 11.2 Å². The number of hydrogen-bond acceptors (Lipinski definition) is 5. The molecular weight excluding hydrogens is 346 g/mol. The van der Waals surface area contributed by atoms with Crippen LogP contribution >= 0.6 is 11.8 Å². The number of H-pyrrole nitrogens is 1. The number of amides is 1. The van der Waals surface area contributed by atoms with E-state index in [1.807, 2.05) is 43.3 Å². The van der Waals surface area contributed by atoms with E-state index in [2.05, 4.69) is 31.3 Å². The molecule has 4 rings (SSSR count). The predicted molar refractivity (Wildman–Crippen MR) is 104 cm³/mol. The van der Waals surface area contributed by atoms with Gasteiger partial charge in [0, 0.05) is 5.69 Å². The Morgan fingerprint density at radius 2 is 2.00 bits per heavy atom. The SMILES string of the molecule is CC[C@H](Sc1ncnc2nc[nH]c12)C(=O)Nc1ccc2ccccc2c1. The minimum absolute atomic E-state index is 0.0425. The van der Waals surface area contributed by atoms with Crippen molar-refractivity contribution in [1.82, 2.24) is 19.9 Å². The lowest BCUT2D eigenvalue weighted by molar-refractivity contribution is -0.115. The van der Waals surface area contributed by atoms with Gasteiger partial charge in [-0.3, -0.25) is 4.79 Å². The zero-order valence-corrected chi connectivity index (χ0v) is 15.0. The fourth-order valence-corrected chi connectivity index (χ4v) is 3.76. The van der Waals surface area contributed by atoms with Gasteiger partial charge >= 0.3 is 0 Å². The van der Waals surface area contributed by atoms with Crippen LogP contribution in [0.3, 0.4) is 0 Å². The Morgan fingerprint density at radius 1 is 1.15 bits per heavy atom. The second-order valence-corrected chi connectivity index (χ2v) is 7.04. The molecule has 130 valence electrons. The third-order valence-corrected chi connectivity index (χ3v) is 5.49. The number of aromatic nitrogens is 4. The number of anilines is 1. The van der Waals surface area contributed by atoms with Gasteiger partial charge in [0.25, 0.3) is 0 Å². The van der Waals surface area contributed by atoms with Crippen LogP contribution in [0.15, 0.2) is 60.1 Å². The van der Waals surface area contributed by atoms with Crippen LogP contribution in [0.25, 0.3) is 21.9 Å². The summed E-state index contributed by atoms with van der Waals surface area (Å²) in [5, 5.41) is 5.73. The number of nitrogens with one attached hydrogen (secondary N) is 2. The third kappa shape index (κ3) is 3.25. The summed E-state index contributed by atoms with van der Waals surface area (Å²) in [5.41, 5.74) is 2.16. The maximum atomic E-state index is 12.8. The highest BCUT2D eigenvalue weighted by Gasteiger charge is 2.21. The van der Waals surface area contributed by atoms with Crippen LogP contribution in [-0.4, -0.2) is 31.1 Å². The van der Waals surface area contributed by atoms with Gasteiger partial charge in [-0.2, -0.15) is 0 Å². The quantitative estimate of drug-likeness (QED) is 0.413. The summed E-state index contributed by atoms with van der Waals surface area (Å²) >= 11 is 1.42. The zero-order chi connectivity index (χ0) is 17.9. The molecule has 1 atom stereocenters. The van der Waals surface area contributed by atoms with Crippen LogP contribution in [0, 0.1) is 0 Å². The molecule has 0 saturated carbocycles. The number of imidazole rings is 1. The van der Waals surface area contributed by atoms with Gasteiger partial charge < -0.3 is 10.3 Å². The highest BCUT2D eigenvalue weighted by atomic mass is 32.2. The van der Waals surface area contributed by atoms with Crippen LogP contribution in [0.4, 0.5) is 5.69 Å². The van der Waals surface area contributed by atoms with Gasteiger partial charge in [0.15, 0.2) is 5.65 Å². The molecule has 26 heavy (non-hydrogen) atoms. The molecule has 4 aromatic rings. The normalized spacial score (nSPS) is 12.3. The van der Waals surface area contributed by atoms with E-state index in [0.29, 0.717) is 12.1 Å². The molecule has 0 aliphatic rings. The molecular formula is C19H17N5OS. The van der Waals surface area contributed by atoms with E-state index in [4.69, 9.17) is 0 Å². The van der Waals surface area contributed by atoms with Crippen LogP contribution in [-0.2, 0) is 4.79 Å². The number of nitrogens with zero attached hydrogens (tertiary/aromatic N) is 3. The van der Waals surface area contributed by atoms with Crippen molar-refractivity contribution >= 4 is 45.3 Å². The molecule has 0 aliphatic carbocycles. The summed E-state index contributed by atoms with van der Waals surface area (Å²) in [5.74, 6) is -0.0425. The van der Waals surface area contributed by atoms with Crippen molar-refractivity contribution in [3.05, 3.63) is 55.1 Å². The average molecular weight is 363 g/mol. The van der Waals surface area contributed by atoms with Gasteiger partial charge in [0.1, 0.15) is 16.9 Å². The molecule has 2 heterocycles. The minimum atomic E-state index is -0.261. The summed E-state index contributed by atoms with van der Waals surface area (Å²) in [6.07, 6.45) is 3.74. The summed E-state index contributed by atoms with van der Waals surface area (Å²) < 4.78 is 0. The van der Waals surface area contributed by atoms with Gasteiger partial charge in [-0.15, -0.1) is 0 Å².